The van der Waals surface area contributed by atoms with E-state index in [2.05, 4.69) is 26.0 Å². The molecule has 4 atom stereocenters. The van der Waals surface area contributed by atoms with Crippen molar-refractivity contribution in [2.24, 2.45) is 17.8 Å². The number of carbonyl (C=O) groups excluding carboxylic acids is 2. The van der Waals surface area contributed by atoms with Gasteiger partial charge in [-0.25, -0.2) is 0 Å². The number of methoxy groups -OCH3 is 1. The van der Waals surface area contributed by atoms with Crippen molar-refractivity contribution in [2.45, 2.75) is 66.4 Å². The molecular formula is C24H36O4. The van der Waals surface area contributed by atoms with Gasteiger partial charge in [0.1, 0.15) is 18.1 Å². The molecule has 0 saturated carbocycles. The number of ether oxygens (including phenoxy) is 1. The van der Waals surface area contributed by atoms with Crippen LogP contribution in [-0.2, 0) is 14.3 Å². The molecule has 0 aromatic rings. The van der Waals surface area contributed by atoms with Crippen LogP contribution in [0.25, 0.3) is 0 Å². The van der Waals surface area contributed by atoms with Crippen LogP contribution in [0.1, 0.15) is 60.3 Å². The van der Waals surface area contributed by atoms with Crippen LogP contribution in [-0.4, -0.2) is 30.4 Å². The summed E-state index contributed by atoms with van der Waals surface area (Å²) in [6.45, 7) is 9.68. The standard InChI is InChI=1S/C24H36O4/c1-16(10-8-12-18(3)15-25)9-7-11-17(2)13-14-21-19(4)22(26)20(5)24(28-6)23(21)27/h8-9,12-13,15,18-19,21,23,27H,7,10-11,14H2,1-6H3/b12-8+,16-9?,17-13?. The normalized spacial score (nSPS) is 25.4. The van der Waals surface area contributed by atoms with Crippen molar-refractivity contribution in [3.63, 3.8) is 0 Å². The largest absolute Gasteiger partial charge is 0.498 e. The molecule has 0 amide bonds. The van der Waals surface area contributed by atoms with Crippen molar-refractivity contribution < 1.29 is 19.4 Å². The second-order valence-corrected chi connectivity index (χ2v) is 7.96. The van der Waals surface area contributed by atoms with Gasteiger partial charge in [0, 0.05) is 23.3 Å². The van der Waals surface area contributed by atoms with Gasteiger partial charge in [0.2, 0.25) is 0 Å². The van der Waals surface area contributed by atoms with Crippen molar-refractivity contribution in [1.82, 2.24) is 0 Å². The molecule has 4 nitrogen and oxygen atoms in total. The Morgan fingerprint density at radius 2 is 1.93 bits per heavy atom. The number of ketones is 1. The molecule has 1 N–H and O–H groups in total. The zero-order valence-electron chi connectivity index (χ0n) is 18.2. The zero-order chi connectivity index (χ0) is 21.3. The lowest BCUT2D eigenvalue weighted by Crippen LogP contribution is -2.39. The summed E-state index contributed by atoms with van der Waals surface area (Å²) in [5.41, 5.74) is 3.08. The summed E-state index contributed by atoms with van der Waals surface area (Å²) in [5, 5.41) is 10.6. The van der Waals surface area contributed by atoms with Crippen LogP contribution in [0.15, 0.2) is 46.8 Å². The first-order valence-electron chi connectivity index (χ1n) is 10.1. The molecular weight excluding hydrogens is 352 g/mol. The average Bonchev–Trinajstić information content (AvgIpc) is 2.66. The first-order chi connectivity index (χ1) is 13.2. The summed E-state index contributed by atoms with van der Waals surface area (Å²) < 4.78 is 5.27. The Kier molecular flexibility index (Phi) is 10.2. The number of aliphatic hydroxyl groups is 1. The first-order valence-corrected chi connectivity index (χ1v) is 10.1. The highest BCUT2D eigenvalue weighted by Gasteiger charge is 2.39. The number of hydrogen-bond donors (Lipinski definition) is 1. The van der Waals surface area contributed by atoms with Crippen molar-refractivity contribution in [1.29, 1.82) is 0 Å². The van der Waals surface area contributed by atoms with E-state index in [9.17, 15) is 14.7 Å². The third kappa shape index (κ3) is 6.90. The Morgan fingerprint density at radius 1 is 1.25 bits per heavy atom. The monoisotopic (exact) mass is 388 g/mol. The quantitative estimate of drug-likeness (QED) is 0.425. The molecule has 0 spiro atoms. The maximum atomic E-state index is 12.4. The van der Waals surface area contributed by atoms with Crippen LogP contribution < -0.4 is 0 Å². The Hall–Kier alpha value is -1.94. The molecule has 156 valence electrons. The molecule has 0 aromatic heterocycles. The van der Waals surface area contributed by atoms with Gasteiger partial charge in [0.15, 0.2) is 5.78 Å². The Bertz CT molecular complexity index is 666. The third-order valence-corrected chi connectivity index (χ3v) is 5.55. The summed E-state index contributed by atoms with van der Waals surface area (Å²) >= 11 is 0. The minimum atomic E-state index is -0.732. The second-order valence-electron chi connectivity index (χ2n) is 7.96. The van der Waals surface area contributed by atoms with Gasteiger partial charge >= 0.3 is 0 Å². The van der Waals surface area contributed by atoms with Gasteiger partial charge in [-0.15, -0.1) is 0 Å². The third-order valence-electron chi connectivity index (χ3n) is 5.55. The molecule has 4 heteroatoms. The van der Waals surface area contributed by atoms with E-state index in [-0.39, 0.29) is 23.5 Å². The minimum absolute atomic E-state index is 0.0281. The van der Waals surface area contributed by atoms with E-state index in [1.165, 1.54) is 18.3 Å². The van der Waals surface area contributed by atoms with E-state index in [0.717, 1.165) is 25.5 Å². The van der Waals surface area contributed by atoms with Crippen molar-refractivity contribution in [3.8, 4) is 0 Å². The SMILES string of the molecule is COC1=C(C)C(=O)C(C)C(CC=C(C)CCC=C(C)C/C=C/C(C)C=O)C1O. The fraction of sp³-hybridized carbons (Fsp3) is 0.583. The summed E-state index contributed by atoms with van der Waals surface area (Å²) in [6, 6.07) is 0. The number of allylic oxidation sites excluding steroid dienone is 7. The molecule has 0 aromatic carbocycles. The van der Waals surface area contributed by atoms with Gasteiger partial charge in [0.25, 0.3) is 0 Å². The molecule has 0 radical (unpaired) electrons. The molecule has 4 unspecified atom stereocenters. The molecule has 1 aliphatic rings. The predicted molar refractivity (Wildman–Crippen MR) is 114 cm³/mol. The molecule has 1 aliphatic carbocycles. The fourth-order valence-electron chi connectivity index (χ4n) is 3.54. The van der Waals surface area contributed by atoms with E-state index in [4.69, 9.17) is 4.74 Å². The van der Waals surface area contributed by atoms with Crippen molar-refractivity contribution in [2.75, 3.05) is 7.11 Å². The summed E-state index contributed by atoms with van der Waals surface area (Å²) in [5.74, 6) is 0.0898. The van der Waals surface area contributed by atoms with Crippen LogP contribution in [0, 0.1) is 17.8 Å². The van der Waals surface area contributed by atoms with Crippen LogP contribution in [0.2, 0.25) is 0 Å². The summed E-state index contributed by atoms with van der Waals surface area (Å²) in [7, 11) is 1.51. The molecule has 0 heterocycles. The van der Waals surface area contributed by atoms with Gasteiger partial charge in [-0.05, 0) is 46.5 Å². The summed E-state index contributed by atoms with van der Waals surface area (Å²) in [6.07, 6.45) is 12.0. The lowest BCUT2D eigenvalue weighted by Gasteiger charge is -2.33. The van der Waals surface area contributed by atoms with Crippen LogP contribution in [0.4, 0.5) is 0 Å². The first kappa shape index (κ1) is 24.1. The van der Waals surface area contributed by atoms with E-state index >= 15 is 0 Å². The Labute approximate surface area is 170 Å². The van der Waals surface area contributed by atoms with E-state index in [1.807, 2.05) is 26.0 Å². The Morgan fingerprint density at radius 3 is 2.54 bits per heavy atom. The van der Waals surface area contributed by atoms with Gasteiger partial charge in [0.05, 0.1) is 7.11 Å². The van der Waals surface area contributed by atoms with Crippen LogP contribution in [0.5, 0.6) is 0 Å². The van der Waals surface area contributed by atoms with Crippen LogP contribution in [0.3, 0.4) is 0 Å². The highest BCUT2D eigenvalue weighted by molar-refractivity contribution is 5.98. The highest BCUT2D eigenvalue weighted by Crippen LogP contribution is 2.35. The molecule has 28 heavy (non-hydrogen) atoms. The van der Waals surface area contributed by atoms with Gasteiger partial charge < -0.3 is 14.6 Å². The molecule has 0 bridgehead atoms. The maximum absolute atomic E-state index is 12.4. The summed E-state index contributed by atoms with van der Waals surface area (Å²) in [4.78, 5) is 23.0. The average molecular weight is 389 g/mol. The Balaban J connectivity index is 2.58. The van der Waals surface area contributed by atoms with Gasteiger partial charge in [-0.2, -0.15) is 0 Å². The number of aldehydes is 1. The molecule has 0 aliphatic heterocycles. The van der Waals surface area contributed by atoms with Crippen molar-refractivity contribution >= 4 is 12.1 Å². The molecule has 0 fully saturated rings. The second kappa shape index (κ2) is 11.8. The number of aliphatic hydroxyl groups excluding tert-OH is 1. The van der Waals surface area contributed by atoms with E-state index < -0.39 is 6.10 Å². The topological polar surface area (TPSA) is 63.6 Å². The lowest BCUT2D eigenvalue weighted by molar-refractivity contribution is -0.124. The van der Waals surface area contributed by atoms with E-state index in [0.29, 0.717) is 17.8 Å². The smallest absolute Gasteiger partial charge is 0.165 e. The van der Waals surface area contributed by atoms with Gasteiger partial charge in [-0.3, -0.25) is 4.79 Å². The molecule has 1 rings (SSSR count). The number of carbonyl (C=O) groups is 2. The maximum Gasteiger partial charge on any atom is 0.165 e. The number of hydrogen-bond acceptors (Lipinski definition) is 4. The lowest BCUT2D eigenvalue weighted by atomic mass is 9.75. The highest BCUT2D eigenvalue weighted by atomic mass is 16.5. The molecule has 0 saturated heterocycles. The number of Topliss-reactive ketones (excluding diaryl/α,β-unsaturated/α-hetero) is 1. The van der Waals surface area contributed by atoms with Crippen molar-refractivity contribution in [3.05, 3.63) is 46.8 Å². The van der Waals surface area contributed by atoms with E-state index in [1.54, 1.807) is 6.92 Å². The minimum Gasteiger partial charge on any atom is -0.498 e. The van der Waals surface area contributed by atoms with Gasteiger partial charge in [-0.1, -0.05) is 49.3 Å². The van der Waals surface area contributed by atoms with Crippen LogP contribution >= 0.6 is 0 Å². The zero-order valence-corrected chi connectivity index (χ0v) is 18.2. The number of rotatable bonds is 10. The fourth-order valence-corrected chi connectivity index (χ4v) is 3.54. The predicted octanol–water partition coefficient (Wildman–Crippen LogP) is 4.95.